The lowest BCUT2D eigenvalue weighted by molar-refractivity contribution is -0.116. The Hall–Kier alpha value is -2.57. The molecule has 142 valence electrons. The molecule has 0 spiro atoms. The Morgan fingerprint density at radius 1 is 1.15 bits per heavy atom. The number of hydrogen-bond donors (Lipinski definition) is 2. The molecule has 1 fully saturated rings. The number of ether oxygens (including phenoxy) is 1. The molecular formula is C19H27N3O4. The van der Waals surface area contributed by atoms with E-state index in [0.29, 0.717) is 11.3 Å². The van der Waals surface area contributed by atoms with Crippen LogP contribution in [0.25, 0.3) is 0 Å². The number of nitrogens with zero attached hydrogens (tertiary/aromatic N) is 1. The average Bonchev–Trinajstić information content (AvgIpc) is 2.65. The van der Waals surface area contributed by atoms with Crippen LogP contribution in [0.3, 0.4) is 0 Å². The summed E-state index contributed by atoms with van der Waals surface area (Å²) < 4.78 is 4.78. The molecule has 2 rings (SSSR count). The quantitative estimate of drug-likeness (QED) is 0.762. The molecule has 1 aromatic carbocycles. The maximum Gasteiger partial charge on any atom is 0.339 e. The number of urea groups is 1. The van der Waals surface area contributed by atoms with E-state index in [4.69, 9.17) is 4.74 Å². The summed E-state index contributed by atoms with van der Waals surface area (Å²) in [5.74, 6) is -0.717. The van der Waals surface area contributed by atoms with Crippen LogP contribution >= 0.6 is 0 Å². The fraction of sp³-hybridized carbons (Fsp3) is 0.526. The minimum Gasteiger partial charge on any atom is -0.465 e. The van der Waals surface area contributed by atoms with Gasteiger partial charge in [0.2, 0.25) is 5.91 Å². The molecule has 3 amide bonds. The van der Waals surface area contributed by atoms with Crippen molar-refractivity contribution in [1.82, 2.24) is 10.6 Å². The molecule has 7 nitrogen and oxygen atoms in total. The van der Waals surface area contributed by atoms with Crippen LogP contribution in [-0.4, -0.2) is 44.1 Å². The normalized spacial score (nSPS) is 14.4. The number of hydrogen-bond acceptors (Lipinski definition) is 4. The fourth-order valence-corrected chi connectivity index (χ4v) is 3.20. The summed E-state index contributed by atoms with van der Waals surface area (Å²) in [5.41, 5.74) is 0.790. The van der Waals surface area contributed by atoms with Crippen molar-refractivity contribution in [2.45, 2.75) is 45.1 Å². The highest BCUT2D eigenvalue weighted by Gasteiger charge is 2.20. The summed E-state index contributed by atoms with van der Waals surface area (Å²) in [6, 6.07) is 6.77. The minimum atomic E-state index is -0.505. The van der Waals surface area contributed by atoms with Gasteiger partial charge in [-0.3, -0.25) is 4.79 Å². The molecule has 0 aromatic heterocycles. The van der Waals surface area contributed by atoms with Gasteiger partial charge in [-0.15, -0.1) is 0 Å². The van der Waals surface area contributed by atoms with Crippen LogP contribution in [0, 0.1) is 0 Å². The lowest BCUT2D eigenvalue weighted by Crippen LogP contribution is -2.45. The van der Waals surface area contributed by atoms with Crippen molar-refractivity contribution in [2.75, 3.05) is 25.1 Å². The van der Waals surface area contributed by atoms with Gasteiger partial charge in [0.05, 0.1) is 18.4 Å². The number of para-hydroxylation sites is 1. The van der Waals surface area contributed by atoms with Crippen molar-refractivity contribution in [3.8, 4) is 0 Å². The van der Waals surface area contributed by atoms with Crippen molar-refractivity contribution in [3.05, 3.63) is 29.8 Å². The Labute approximate surface area is 154 Å². The SMILES string of the molecule is COC(=O)c1ccccc1N(CCNC(=O)NC1CCCCC1)C(C)=O. The van der Waals surface area contributed by atoms with E-state index in [1.54, 1.807) is 24.3 Å². The summed E-state index contributed by atoms with van der Waals surface area (Å²) in [6.45, 7) is 1.98. The second kappa shape index (κ2) is 9.79. The molecule has 1 saturated carbocycles. The summed E-state index contributed by atoms with van der Waals surface area (Å²) in [6.07, 6.45) is 5.55. The zero-order valence-electron chi connectivity index (χ0n) is 15.4. The second-order valence-electron chi connectivity index (χ2n) is 6.41. The van der Waals surface area contributed by atoms with E-state index in [2.05, 4.69) is 10.6 Å². The van der Waals surface area contributed by atoms with Crippen LogP contribution in [0.4, 0.5) is 10.5 Å². The van der Waals surface area contributed by atoms with E-state index in [1.165, 1.54) is 25.4 Å². The molecule has 0 heterocycles. The van der Waals surface area contributed by atoms with Gasteiger partial charge in [-0.1, -0.05) is 31.4 Å². The van der Waals surface area contributed by atoms with Crippen molar-refractivity contribution in [1.29, 1.82) is 0 Å². The van der Waals surface area contributed by atoms with E-state index < -0.39 is 5.97 Å². The highest BCUT2D eigenvalue weighted by Crippen LogP contribution is 2.21. The predicted octanol–water partition coefficient (Wildman–Crippen LogP) is 2.46. The topological polar surface area (TPSA) is 87.7 Å². The smallest absolute Gasteiger partial charge is 0.339 e. The minimum absolute atomic E-state index is 0.212. The first-order chi connectivity index (χ1) is 12.5. The molecule has 0 unspecified atom stereocenters. The van der Waals surface area contributed by atoms with Crippen LogP contribution < -0.4 is 15.5 Å². The number of methoxy groups -OCH3 is 1. The molecule has 1 aromatic rings. The largest absolute Gasteiger partial charge is 0.465 e. The van der Waals surface area contributed by atoms with Gasteiger partial charge in [-0.25, -0.2) is 9.59 Å². The Kier molecular flexibility index (Phi) is 7.44. The fourth-order valence-electron chi connectivity index (χ4n) is 3.20. The molecule has 0 radical (unpaired) electrons. The van der Waals surface area contributed by atoms with Gasteiger partial charge in [0.1, 0.15) is 0 Å². The summed E-state index contributed by atoms with van der Waals surface area (Å²) in [5, 5.41) is 5.76. The average molecular weight is 361 g/mol. The lowest BCUT2D eigenvalue weighted by Gasteiger charge is -2.25. The Morgan fingerprint density at radius 2 is 1.85 bits per heavy atom. The Bertz CT molecular complexity index is 641. The highest BCUT2D eigenvalue weighted by atomic mass is 16.5. The first kappa shape index (κ1) is 19.8. The molecule has 26 heavy (non-hydrogen) atoms. The van der Waals surface area contributed by atoms with Crippen LogP contribution in [0.1, 0.15) is 49.4 Å². The Balaban J connectivity index is 1.93. The van der Waals surface area contributed by atoms with Crippen LogP contribution in [0.5, 0.6) is 0 Å². The Morgan fingerprint density at radius 3 is 2.50 bits per heavy atom. The van der Waals surface area contributed by atoms with Crippen LogP contribution in [-0.2, 0) is 9.53 Å². The van der Waals surface area contributed by atoms with Gasteiger partial charge in [0.25, 0.3) is 0 Å². The molecule has 1 aliphatic rings. The van der Waals surface area contributed by atoms with E-state index in [1.807, 2.05) is 0 Å². The third-order valence-electron chi connectivity index (χ3n) is 4.54. The van der Waals surface area contributed by atoms with Gasteiger partial charge < -0.3 is 20.3 Å². The molecule has 0 atom stereocenters. The molecular weight excluding hydrogens is 334 g/mol. The number of esters is 1. The zero-order chi connectivity index (χ0) is 18.9. The van der Waals surface area contributed by atoms with E-state index in [9.17, 15) is 14.4 Å². The van der Waals surface area contributed by atoms with Gasteiger partial charge in [0.15, 0.2) is 0 Å². The van der Waals surface area contributed by atoms with Crippen molar-refractivity contribution >= 4 is 23.6 Å². The van der Waals surface area contributed by atoms with Crippen molar-refractivity contribution in [2.24, 2.45) is 0 Å². The zero-order valence-corrected chi connectivity index (χ0v) is 15.4. The number of amides is 3. The standard InChI is InChI=1S/C19H27N3O4/c1-14(23)22(17-11-7-6-10-16(17)18(24)26-2)13-12-20-19(25)21-15-8-4-3-5-9-15/h6-7,10-11,15H,3-5,8-9,12-13H2,1-2H3,(H2,20,21,25). The first-order valence-corrected chi connectivity index (χ1v) is 9.02. The van der Waals surface area contributed by atoms with Crippen molar-refractivity contribution < 1.29 is 19.1 Å². The highest BCUT2D eigenvalue weighted by molar-refractivity contribution is 6.01. The number of carbonyl (C=O) groups is 3. The predicted molar refractivity (Wildman–Crippen MR) is 99.2 cm³/mol. The van der Waals surface area contributed by atoms with E-state index in [-0.39, 0.29) is 31.1 Å². The number of rotatable bonds is 6. The molecule has 1 aliphatic carbocycles. The van der Waals surface area contributed by atoms with Crippen molar-refractivity contribution in [3.63, 3.8) is 0 Å². The second-order valence-corrected chi connectivity index (χ2v) is 6.41. The first-order valence-electron chi connectivity index (χ1n) is 9.02. The number of anilines is 1. The third kappa shape index (κ3) is 5.47. The van der Waals surface area contributed by atoms with E-state index in [0.717, 1.165) is 25.7 Å². The van der Waals surface area contributed by atoms with Crippen LogP contribution in [0.2, 0.25) is 0 Å². The molecule has 7 heteroatoms. The molecule has 0 saturated heterocycles. The summed E-state index contributed by atoms with van der Waals surface area (Å²) in [7, 11) is 1.30. The number of carbonyl (C=O) groups excluding carboxylic acids is 3. The molecule has 0 bridgehead atoms. The van der Waals surface area contributed by atoms with E-state index >= 15 is 0 Å². The summed E-state index contributed by atoms with van der Waals surface area (Å²) >= 11 is 0. The number of benzene rings is 1. The molecule has 2 N–H and O–H groups in total. The number of nitrogens with one attached hydrogen (secondary N) is 2. The maximum atomic E-state index is 12.0. The van der Waals surface area contributed by atoms with Gasteiger partial charge in [-0.2, -0.15) is 0 Å². The summed E-state index contributed by atoms with van der Waals surface area (Å²) in [4.78, 5) is 37.5. The van der Waals surface area contributed by atoms with Gasteiger partial charge in [-0.05, 0) is 25.0 Å². The van der Waals surface area contributed by atoms with Gasteiger partial charge in [0, 0.05) is 26.1 Å². The maximum absolute atomic E-state index is 12.0. The molecule has 0 aliphatic heterocycles. The lowest BCUT2D eigenvalue weighted by atomic mass is 9.96. The monoisotopic (exact) mass is 361 g/mol. The van der Waals surface area contributed by atoms with Crippen LogP contribution in [0.15, 0.2) is 24.3 Å². The third-order valence-corrected chi connectivity index (χ3v) is 4.54. The van der Waals surface area contributed by atoms with Gasteiger partial charge >= 0.3 is 12.0 Å².